The van der Waals surface area contributed by atoms with Crippen LogP contribution < -0.4 is 5.73 Å². The molecule has 2 N–H and O–H groups in total. The van der Waals surface area contributed by atoms with E-state index in [9.17, 15) is 0 Å². The van der Waals surface area contributed by atoms with Crippen molar-refractivity contribution in [3.05, 3.63) is 30.1 Å². The lowest BCUT2D eigenvalue weighted by atomic mass is 9.95. The van der Waals surface area contributed by atoms with Gasteiger partial charge in [-0.15, -0.1) is 0 Å². The molecule has 2 rings (SSSR count). The van der Waals surface area contributed by atoms with Crippen LogP contribution in [0.5, 0.6) is 0 Å². The smallest absolute Gasteiger partial charge is 0.0271 e. The Morgan fingerprint density at radius 3 is 2.72 bits per heavy atom. The van der Waals surface area contributed by atoms with Gasteiger partial charge in [-0.25, -0.2) is 0 Å². The van der Waals surface area contributed by atoms with Crippen LogP contribution in [-0.2, 0) is 6.54 Å². The van der Waals surface area contributed by atoms with E-state index in [0.29, 0.717) is 12.0 Å². The van der Waals surface area contributed by atoms with Gasteiger partial charge in [0.15, 0.2) is 0 Å². The van der Waals surface area contributed by atoms with Gasteiger partial charge in [0.2, 0.25) is 0 Å². The molecule has 1 aliphatic rings. The van der Waals surface area contributed by atoms with Gasteiger partial charge in [-0.3, -0.25) is 4.98 Å². The highest BCUT2D eigenvalue weighted by atomic mass is 15.1. The molecular formula is C15H25N3. The van der Waals surface area contributed by atoms with Gasteiger partial charge in [0.25, 0.3) is 0 Å². The Balaban J connectivity index is 1.84. The molecule has 1 fully saturated rings. The molecule has 0 bridgehead atoms. The molecule has 3 heteroatoms. The van der Waals surface area contributed by atoms with Gasteiger partial charge < -0.3 is 10.6 Å². The van der Waals surface area contributed by atoms with Crippen molar-refractivity contribution in [1.29, 1.82) is 0 Å². The van der Waals surface area contributed by atoms with Gasteiger partial charge in [0.1, 0.15) is 0 Å². The lowest BCUT2D eigenvalue weighted by Gasteiger charge is -2.27. The topological polar surface area (TPSA) is 42.2 Å². The van der Waals surface area contributed by atoms with Crippen LogP contribution in [0.25, 0.3) is 0 Å². The largest absolute Gasteiger partial charge is 0.327 e. The maximum absolute atomic E-state index is 6.28. The molecule has 0 spiro atoms. The molecule has 2 atom stereocenters. The maximum atomic E-state index is 6.28. The number of nitrogens with zero attached hydrogens (tertiary/aromatic N) is 2. The van der Waals surface area contributed by atoms with E-state index in [4.69, 9.17) is 5.73 Å². The van der Waals surface area contributed by atoms with Crippen LogP contribution in [0, 0.1) is 5.92 Å². The van der Waals surface area contributed by atoms with Crippen molar-refractivity contribution in [2.75, 3.05) is 13.6 Å². The summed E-state index contributed by atoms with van der Waals surface area (Å²) in [7, 11) is 2.19. The molecule has 0 aromatic carbocycles. The number of hydrogen-bond donors (Lipinski definition) is 1. The quantitative estimate of drug-likeness (QED) is 0.831. The summed E-state index contributed by atoms with van der Waals surface area (Å²) in [4.78, 5) is 6.45. The average Bonchev–Trinajstić information content (AvgIpc) is 2.56. The molecule has 18 heavy (non-hydrogen) atoms. The van der Waals surface area contributed by atoms with E-state index in [2.05, 4.69) is 29.1 Å². The lowest BCUT2D eigenvalue weighted by molar-refractivity contribution is 0.237. The molecule has 0 saturated heterocycles. The second kappa shape index (κ2) is 6.86. The predicted octanol–water partition coefficient (Wildman–Crippen LogP) is 2.42. The highest BCUT2D eigenvalue weighted by Gasteiger charge is 2.21. The van der Waals surface area contributed by atoms with Gasteiger partial charge in [0.05, 0.1) is 0 Å². The Morgan fingerprint density at radius 2 is 1.94 bits per heavy atom. The first kappa shape index (κ1) is 13.5. The number of rotatable bonds is 4. The molecule has 3 nitrogen and oxygen atoms in total. The van der Waals surface area contributed by atoms with Gasteiger partial charge in [-0.05, 0) is 43.5 Å². The second-order valence-corrected chi connectivity index (χ2v) is 5.61. The van der Waals surface area contributed by atoms with Crippen LogP contribution in [0.4, 0.5) is 0 Å². The van der Waals surface area contributed by atoms with Gasteiger partial charge in [0, 0.05) is 31.5 Å². The number of hydrogen-bond acceptors (Lipinski definition) is 3. The van der Waals surface area contributed by atoms with Crippen LogP contribution >= 0.6 is 0 Å². The minimum atomic E-state index is 0.396. The number of aromatic nitrogens is 1. The van der Waals surface area contributed by atoms with Crippen molar-refractivity contribution in [2.24, 2.45) is 11.7 Å². The molecule has 0 aliphatic heterocycles. The molecule has 1 saturated carbocycles. The summed E-state index contributed by atoms with van der Waals surface area (Å²) in [6.07, 6.45) is 10.2. The normalized spacial score (nSPS) is 25.1. The van der Waals surface area contributed by atoms with E-state index >= 15 is 0 Å². The summed E-state index contributed by atoms with van der Waals surface area (Å²) < 4.78 is 0. The van der Waals surface area contributed by atoms with E-state index in [1.165, 1.54) is 37.7 Å². The zero-order valence-electron chi connectivity index (χ0n) is 11.4. The zero-order chi connectivity index (χ0) is 12.8. The van der Waals surface area contributed by atoms with Crippen molar-refractivity contribution in [2.45, 2.75) is 44.7 Å². The molecule has 100 valence electrons. The molecule has 1 aliphatic carbocycles. The Labute approximate surface area is 110 Å². The first-order chi connectivity index (χ1) is 8.75. The van der Waals surface area contributed by atoms with Crippen molar-refractivity contribution in [3.63, 3.8) is 0 Å². The molecular weight excluding hydrogens is 222 g/mol. The molecule has 1 aromatic heterocycles. The SMILES string of the molecule is CN(Cc1ccncc1)CC1CCCCCC1N. The van der Waals surface area contributed by atoms with Crippen molar-refractivity contribution >= 4 is 0 Å². The zero-order valence-corrected chi connectivity index (χ0v) is 11.4. The Bertz CT molecular complexity index is 339. The summed E-state index contributed by atoms with van der Waals surface area (Å²) in [5.41, 5.74) is 7.61. The Morgan fingerprint density at radius 1 is 1.22 bits per heavy atom. The first-order valence-corrected chi connectivity index (χ1v) is 7.09. The van der Waals surface area contributed by atoms with Crippen molar-refractivity contribution < 1.29 is 0 Å². The fourth-order valence-electron chi connectivity index (χ4n) is 2.90. The van der Waals surface area contributed by atoms with Crippen molar-refractivity contribution in [1.82, 2.24) is 9.88 Å². The maximum Gasteiger partial charge on any atom is 0.0271 e. The van der Waals surface area contributed by atoms with Crippen LogP contribution in [-0.4, -0.2) is 29.5 Å². The lowest BCUT2D eigenvalue weighted by Crippen LogP contribution is -2.37. The summed E-state index contributed by atoms with van der Waals surface area (Å²) in [5.74, 6) is 0.666. The third kappa shape index (κ3) is 4.07. The van der Waals surface area contributed by atoms with E-state index in [-0.39, 0.29) is 0 Å². The summed E-state index contributed by atoms with van der Waals surface area (Å²) in [5, 5.41) is 0. The highest BCUT2D eigenvalue weighted by molar-refractivity contribution is 5.09. The standard InChI is InChI=1S/C15H25N3/c1-18(11-13-7-9-17-10-8-13)12-14-5-3-2-4-6-15(14)16/h7-10,14-15H,2-6,11-12,16H2,1H3. The van der Waals surface area contributed by atoms with Crippen LogP contribution in [0.3, 0.4) is 0 Å². The predicted molar refractivity (Wildman–Crippen MR) is 75.1 cm³/mol. The molecule has 0 radical (unpaired) electrons. The van der Waals surface area contributed by atoms with E-state index in [0.717, 1.165) is 13.1 Å². The van der Waals surface area contributed by atoms with Crippen LogP contribution in [0.1, 0.15) is 37.7 Å². The van der Waals surface area contributed by atoms with E-state index < -0.39 is 0 Å². The van der Waals surface area contributed by atoms with E-state index in [1.807, 2.05) is 12.4 Å². The molecule has 0 amide bonds. The summed E-state index contributed by atoms with van der Waals surface area (Å²) in [6.45, 7) is 2.11. The van der Waals surface area contributed by atoms with Crippen LogP contribution in [0.15, 0.2) is 24.5 Å². The molecule has 2 unspecified atom stereocenters. The number of nitrogens with two attached hydrogens (primary N) is 1. The Hall–Kier alpha value is -0.930. The van der Waals surface area contributed by atoms with Gasteiger partial charge in [-0.2, -0.15) is 0 Å². The van der Waals surface area contributed by atoms with Crippen LogP contribution in [0.2, 0.25) is 0 Å². The third-order valence-corrected chi connectivity index (χ3v) is 3.97. The Kier molecular flexibility index (Phi) is 5.14. The monoisotopic (exact) mass is 247 g/mol. The average molecular weight is 247 g/mol. The summed E-state index contributed by atoms with van der Waals surface area (Å²) >= 11 is 0. The highest BCUT2D eigenvalue weighted by Crippen LogP contribution is 2.23. The van der Waals surface area contributed by atoms with Crippen molar-refractivity contribution in [3.8, 4) is 0 Å². The first-order valence-electron chi connectivity index (χ1n) is 7.09. The summed E-state index contributed by atoms with van der Waals surface area (Å²) in [6, 6.07) is 4.57. The second-order valence-electron chi connectivity index (χ2n) is 5.61. The number of pyridine rings is 1. The molecule has 1 aromatic rings. The van der Waals surface area contributed by atoms with Gasteiger partial charge >= 0.3 is 0 Å². The van der Waals surface area contributed by atoms with E-state index in [1.54, 1.807) is 0 Å². The third-order valence-electron chi connectivity index (χ3n) is 3.97. The molecule has 1 heterocycles. The minimum absolute atomic E-state index is 0.396. The minimum Gasteiger partial charge on any atom is -0.327 e. The van der Waals surface area contributed by atoms with Gasteiger partial charge in [-0.1, -0.05) is 19.3 Å². The fourth-order valence-corrected chi connectivity index (χ4v) is 2.90. The fraction of sp³-hybridized carbons (Fsp3) is 0.667.